The summed E-state index contributed by atoms with van der Waals surface area (Å²) >= 11 is 0. The van der Waals surface area contributed by atoms with Crippen molar-refractivity contribution in [2.75, 3.05) is 0 Å². The molecule has 0 rings (SSSR count). The lowest BCUT2D eigenvalue weighted by molar-refractivity contribution is -0.154. The van der Waals surface area contributed by atoms with E-state index in [2.05, 4.69) is 5.73 Å². The van der Waals surface area contributed by atoms with Gasteiger partial charge in [-0.2, -0.15) is 0 Å². The van der Waals surface area contributed by atoms with E-state index in [9.17, 15) is 9.59 Å². The SMILES string of the molecule is CC=C=C(C)C(=O)OC(=O)C(C)=CC(C)(C)C. The third-order valence-corrected chi connectivity index (χ3v) is 1.82. The summed E-state index contributed by atoms with van der Waals surface area (Å²) in [5.74, 6) is -1.27. The molecule has 0 saturated heterocycles. The molecule has 0 N–H and O–H groups in total. The van der Waals surface area contributed by atoms with Gasteiger partial charge in [0, 0.05) is 5.57 Å². The Morgan fingerprint density at radius 1 is 1.12 bits per heavy atom. The molecule has 0 aliphatic heterocycles. The molecule has 3 heteroatoms. The van der Waals surface area contributed by atoms with E-state index in [1.54, 1.807) is 32.9 Å². The number of carbonyl (C=O) groups is 2. The summed E-state index contributed by atoms with van der Waals surface area (Å²) in [7, 11) is 0. The number of ether oxygens (including phenoxy) is 1. The normalized spacial score (nSPS) is 11.5. The molecule has 17 heavy (non-hydrogen) atoms. The van der Waals surface area contributed by atoms with Crippen LogP contribution in [0.15, 0.2) is 29.0 Å². The van der Waals surface area contributed by atoms with Gasteiger partial charge in [-0.25, -0.2) is 9.59 Å². The predicted octanol–water partition coefficient (Wildman–Crippen LogP) is 3.17. The minimum atomic E-state index is -0.658. The highest BCUT2D eigenvalue weighted by atomic mass is 16.6. The smallest absolute Gasteiger partial charge is 0.349 e. The first kappa shape index (κ1) is 15.4. The fourth-order valence-electron chi connectivity index (χ4n) is 1.23. The molecule has 0 heterocycles. The first-order valence-corrected chi connectivity index (χ1v) is 5.51. The number of rotatable bonds is 2. The summed E-state index contributed by atoms with van der Waals surface area (Å²) in [4.78, 5) is 23.0. The van der Waals surface area contributed by atoms with E-state index in [-0.39, 0.29) is 11.0 Å². The summed E-state index contributed by atoms with van der Waals surface area (Å²) in [5, 5.41) is 0. The topological polar surface area (TPSA) is 43.4 Å². The Kier molecular flexibility index (Phi) is 5.63. The lowest BCUT2D eigenvalue weighted by atomic mass is 9.94. The zero-order valence-electron chi connectivity index (χ0n) is 11.4. The Balaban J connectivity index is 4.74. The molecule has 0 aliphatic carbocycles. The second-order valence-corrected chi connectivity index (χ2v) is 4.93. The van der Waals surface area contributed by atoms with Crippen molar-refractivity contribution in [3.05, 3.63) is 29.0 Å². The number of carbonyl (C=O) groups excluding carboxylic acids is 2. The molecular weight excluding hydrogens is 216 g/mol. The fourth-order valence-corrected chi connectivity index (χ4v) is 1.23. The Hall–Kier alpha value is -1.60. The Bertz CT molecular complexity index is 400. The van der Waals surface area contributed by atoms with Gasteiger partial charge >= 0.3 is 11.9 Å². The minimum Gasteiger partial charge on any atom is -0.386 e. The molecule has 94 valence electrons. The van der Waals surface area contributed by atoms with Gasteiger partial charge in [-0.1, -0.05) is 26.8 Å². The lowest BCUT2D eigenvalue weighted by Gasteiger charge is -2.13. The van der Waals surface area contributed by atoms with Gasteiger partial charge in [-0.05, 0) is 32.3 Å². The molecule has 0 bridgehead atoms. The summed E-state index contributed by atoms with van der Waals surface area (Å²) in [6, 6.07) is 0. The van der Waals surface area contributed by atoms with Crippen LogP contribution in [0.25, 0.3) is 0 Å². The Morgan fingerprint density at radius 2 is 1.65 bits per heavy atom. The van der Waals surface area contributed by atoms with Crippen LogP contribution in [-0.2, 0) is 14.3 Å². The summed E-state index contributed by atoms with van der Waals surface area (Å²) in [5.41, 5.74) is 3.27. The molecule has 0 unspecified atom stereocenters. The van der Waals surface area contributed by atoms with Crippen molar-refractivity contribution < 1.29 is 14.3 Å². The molecule has 0 atom stereocenters. The molecule has 0 aromatic rings. The molecule has 0 aliphatic rings. The standard InChI is InChI=1S/C14H20O3/c1-7-8-10(2)12(15)17-13(16)11(3)9-14(4,5)6/h7,9H,1-6H3. The third kappa shape index (κ3) is 6.54. The average Bonchev–Trinajstić information content (AvgIpc) is 2.15. The van der Waals surface area contributed by atoms with Crippen LogP contribution in [0.1, 0.15) is 41.5 Å². The van der Waals surface area contributed by atoms with Crippen LogP contribution in [0.5, 0.6) is 0 Å². The molecule has 0 saturated carbocycles. The molecule has 3 nitrogen and oxygen atoms in total. The van der Waals surface area contributed by atoms with Crippen LogP contribution >= 0.6 is 0 Å². The molecule has 0 fully saturated rings. The van der Waals surface area contributed by atoms with Crippen molar-refractivity contribution >= 4 is 11.9 Å². The summed E-state index contributed by atoms with van der Waals surface area (Å²) < 4.78 is 4.71. The van der Waals surface area contributed by atoms with E-state index >= 15 is 0 Å². The van der Waals surface area contributed by atoms with Crippen molar-refractivity contribution in [1.82, 2.24) is 0 Å². The van der Waals surface area contributed by atoms with E-state index < -0.39 is 11.9 Å². The van der Waals surface area contributed by atoms with Crippen molar-refractivity contribution in [3.63, 3.8) is 0 Å². The summed E-state index contributed by atoms with van der Waals surface area (Å²) in [6.07, 6.45) is 3.37. The van der Waals surface area contributed by atoms with Crippen LogP contribution in [0.3, 0.4) is 0 Å². The van der Waals surface area contributed by atoms with Gasteiger partial charge in [-0.15, -0.1) is 5.73 Å². The van der Waals surface area contributed by atoms with Crippen LogP contribution in [0.4, 0.5) is 0 Å². The first-order valence-electron chi connectivity index (χ1n) is 5.51. The highest BCUT2D eigenvalue weighted by Crippen LogP contribution is 2.18. The zero-order valence-corrected chi connectivity index (χ0v) is 11.4. The van der Waals surface area contributed by atoms with E-state index in [0.717, 1.165) is 0 Å². The second-order valence-electron chi connectivity index (χ2n) is 4.93. The van der Waals surface area contributed by atoms with E-state index in [1.807, 2.05) is 20.8 Å². The highest BCUT2D eigenvalue weighted by molar-refractivity contribution is 6.01. The van der Waals surface area contributed by atoms with E-state index in [1.165, 1.54) is 0 Å². The molecule has 0 spiro atoms. The van der Waals surface area contributed by atoms with Gasteiger partial charge in [0.25, 0.3) is 0 Å². The van der Waals surface area contributed by atoms with Gasteiger partial charge in [-0.3, -0.25) is 0 Å². The highest BCUT2D eigenvalue weighted by Gasteiger charge is 2.16. The number of hydrogen-bond acceptors (Lipinski definition) is 3. The van der Waals surface area contributed by atoms with Crippen molar-refractivity contribution in [2.24, 2.45) is 5.41 Å². The average molecular weight is 236 g/mol. The van der Waals surface area contributed by atoms with Gasteiger partial charge < -0.3 is 4.74 Å². The van der Waals surface area contributed by atoms with Gasteiger partial charge in [0.05, 0.1) is 5.57 Å². The first-order chi connectivity index (χ1) is 7.67. The van der Waals surface area contributed by atoms with Crippen LogP contribution in [0.2, 0.25) is 0 Å². The van der Waals surface area contributed by atoms with Gasteiger partial charge in [0.2, 0.25) is 0 Å². The predicted molar refractivity (Wildman–Crippen MR) is 67.3 cm³/mol. The maximum atomic E-state index is 11.6. The third-order valence-electron chi connectivity index (χ3n) is 1.82. The molecule has 0 aromatic heterocycles. The van der Waals surface area contributed by atoms with Crippen molar-refractivity contribution in [3.8, 4) is 0 Å². The number of allylic oxidation sites excluding steroid dienone is 1. The van der Waals surface area contributed by atoms with E-state index in [0.29, 0.717) is 5.57 Å². The van der Waals surface area contributed by atoms with Crippen molar-refractivity contribution in [2.45, 2.75) is 41.5 Å². The zero-order chi connectivity index (χ0) is 13.6. The number of hydrogen-bond donors (Lipinski definition) is 0. The fraction of sp³-hybridized carbons (Fsp3) is 0.500. The van der Waals surface area contributed by atoms with Crippen LogP contribution < -0.4 is 0 Å². The molecule has 0 aromatic carbocycles. The largest absolute Gasteiger partial charge is 0.386 e. The van der Waals surface area contributed by atoms with Gasteiger partial charge in [0.1, 0.15) is 0 Å². The molecule has 0 radical (unpaired) electrons. The number of esters is 2. The second kappa shape index (κ2) is 6.21. The van der Waals surface area contributed by atoms with Crippen molar-refractivity contribution in [1.29, 1.82) is 0 Å². The minimum absolute atomic E-state index is 0.125. The molecular formula is C14H20O3. The van der Waals surface area contributed by atoms with Crippen LogP contribution in [0, 0.1) is 5.41 Å². The Labute approximate surface area is 103 Å². The monoisotopic (exact) mass is 236 g/mol. The molecule has 0 amide bonds. The Morgan fingerprint density at radius 3 is 2.06 bits per heavy atom. The maximum absolute atomic E-state index is 11.6. The van der Waals surface area contributed by atoms with Crippen LogP contribution in [-0.4, -0.2) is 11.9 Å². The quantitative estimate of drug-likeness (QED) is 0.320. The van der Waals surface area contributed by atoms with Gasteiger partial charge in [0.15, 0.2) is 0 Å². The lowest BCUT2D eigenvalue weighted by Crippen LogP contribution is -2.15. The van der Waals surface area contributed by atoms with E-state index in [4.69, 9.17) is 4.74 Å². The maximum Gasteiger partial charge on any atom is 0.349 e. The summed E-state index contributed by atoms with van der Waals surface area (Å²) in [6.45, 7) is 10.8.